The van der Waals surface area contributed by atoms with Crippen LogP contribution in [0.5, 0.6) is 0 Å². The molecule has 1 aliphatic rings. The predicted molar refractivity (Wildman–Crippen MR) is 65.3 cm³/mol. The first-order chi connectivity index (χ1) is 7.50. The molecular formula is C12H22N4. The van der Waals surface area contributed by atoms with Crippen LogP contribution in [-0.4, -0.2) is 15.0 Å². The van der Waals surface area contributed by atoms with Gasteiger partial charge in [-0.05, 0) is 12.8 Å². The van der Waals surface area contributed by atoms with Crippen molar-refractivity contribution in [3.05, 3.63) is 5.69 Å². The Bertz CT molecular complexity index is 356. The average molecular weight is 222 g/mol. The summed E-state index contributed by atoms with van der Waals surface area (Å²) in [5, 5.41) is 8.30. The Morgan fingerprint density at radius 2 is 1.81 bits per heavy atom. The van der Waals surface area contributed by atoms with Crippen LogP contribution >= 0.6 is 0 Å². The van der Waals surface area contributed by atoms with Crippen LogP contribution in [-0.2, 0) is 5.41 Å². The van der Waals surface area contributed by atoms with Crippen molar-refractivity contribution in [2.24, 2.45) is 0 Å². The molecule has 0 spiro atoms. The van der Waals surface area contributed by atoms with Crippen LogP contribution < -0.4 is 5.73 Å². The molecule has 0 unspecified atom stereocenters. The van der Waals surface area contributed by atoms with E-state index in [2.05, 4.69) is 35.8 Å². The third-order valence-electron chi connectivity index (χ3n) is 3.35. The zero-order chi connectivity index (χ0) is 11.8. The number of hydrogen-bond donors (Lipinski definition) is 1. The van der Waals surface area contributed by atoms with Crippen molar-refractivity contribution in [1.82, 2.24) is 15.0 Å². The van der Waals surface area contributed by atoms with Crippen molar-refractivity contribution in [2.75, 3.05) is 5.73 Å². The van der Waals surface area contributed by atoms with Gasteiger partial charge in [0.1, 0.15) is 0 Å². The summed E-state index contributed by atoms with van der Waals surface area (Å²) in [4.78, 5) is 0. The van der Waals surface area contributed by atoms with Crippen molar-refractivity contribution < 1.29 is 0 Å². The molecule has 0 saturated heterocycles. The number of hydrogen-bond acceptors (Lipinski definition) is 3. The molecule has 1 heterocycles. The molecule has 1 aromatic heterocycles. The lowest BCUT2D eigenvalue weighted by atomic mass is 9.89. The van der Waals surface area contributed by atoms with Crippen molar-refractivity contribution in [2.45, 2.75) is 64.3 Å². The molecule has 0 aromatic carbocycles. The highest BCUT2D eigenvalue weighted by Crippen LogP contribution is 2.34. The molecule has 1 aliphatic carbocycles. The van der Waals surface area contributed by atoms with E-state index in [0.717, 1.165) is 5.69 Å². The second-order valence-corrected chi connectivity index (χ2v) is 5.81. The third-order valence-corrected chi connectivity index (χ3v) is 3.35. The van der Waals surface area contributed by atoms with Crippen LogP contribution in [0.1, 0.15) is 64.6 Å². The Balaban J connectivity index is 2.33. The Hall–Kier alpha value is -1.06. The zero-order valence-corrected chi connectivity index (χ0v) is 10.5. The van der Waals surface area contributed by atoms with Crippen LogP contribution in [0.2, 0.25) is 0 Å². The van der Waals surface area contributed by atoms with Gasteiger partial charge in [0.2, 0.25) is 0 Å². The van der Waals surface area contributed by atoms with Crippen LogP contribution in [0, 0.1) is 0 Å². The van der Waals surface area contributed by atoms with Gasteiger partial charge in [0, 0.05) is 5.41 Å². The van der Waals surface area contributed by atoms with Gasteiger partial charge in [0.05, 0.1) is 11.7 Å². The molecule has 0 radical (unpaired) electrons. The Morgan fingerprint density at radius 1 is 1.19 bits per heavy atom. The van der Waals surface area contributed by atoms with Gasteiger partial charge in [-0.2, -0.15) is 0 Å². The summed E-state index contributed by atoms with van der Waals surface area (Å²) >= 11 is 0. The molecule has 1 saturated carbocycles. The van der Waals surface area contributed by atoms with Crippen molar-refractivity contribution in [1.29, 1.82) is 0 Å². The normalized spacial score (nSPS) is 18.9. The van der Waals surface area contributed by atoms with Gasteiger partial charge in [-0.25, -0.2) is 4.68 Å². The van der Waals surface area contributed by atoms with E-state index in [-0.39, 0.29) is 5.41 Å². The SMILES string of the molecule is CC(C)(C)c1c(N)nnn1C1CCCCC1. The van der Waals surface area contributed by atoms with E-state index < -0.39 is 0 Å². The zero-order valence-electron chi connectivity index (χ0n) is 10.5. The van der Waals surface area contributed by atoms with E-state index in [4.69, 9.17) is 5.73 Å². The fourth-order valence-corrected chi connectivity index (χ4v) is 2.61. The summed E-state index contributed by atoms with van der Waals surface area (Å²) in [6, 6.07) is 0.507. The largest absolute Gasteiger partial charge is 0.381 e. The summed E-state index contributed by atoms with van der Waals surface area (Å²) in [5.41, 5.74) is 7.06. The molecule has 2 rings (SSSR count). The van der Waals surface area contributed by atoms with E-state index in [1.54, 1.807) is 0 Å². The minimum atomic E-state index is 0.0189. The van der Waals surface area contributed by atoms with Crippen LogP contribution in [0.15, 0.2) is 0 Å². The number of anilines is 1. The summed E-state index contributed by atoms with van der Waals surface area (Å²) in [6.07, 6.45) is 6.38. The van der Waals surface area contributed by atoms with Crippen LogP contribution in [0.4, 0.5) is 5.82 Å². The van der Waals surface area contributed by atoms with E-state index in [1.807, 2.05) is 0 Å². The molecular weight excluding hydrogens is 200 g/mol. The molecule has 1 aromatic rings. The molecule has 0 aliphatic heterocycles. The summed E-state index contributed by atoms with van der Waals surface area (Å²) in [6.45, 7) is 6.50. The highest BCUT2D eigenvalue weighted by atomic mass is 15.5. The standard InChI is InChI=1S/C12H22N4/c1-12(2,3)10-11(13)14-15-16(10)9-7-5-4-6-8-9/h9H,4-8,13H2,1-3H3. The fraction of sp³-hybridized carbons (Fsp3) is 0.833. The second kappa shape index (κ2) is 4.07. The molecule has 2 N–H and O–H groups in total. The summed E-state index contributed by atoms with van der Waals surface area (Å²) in [5.74, 6) is 0.595. The lowest BCUT2D eigenvalue weighted by Crippen LogP contribution is -2.24. The van der Waals surface area contributed by atoms with E-state index in [9.17, 15) is 0 Å². The average Bonchev–Trinajstić information content (AvgIpc) is 2.61. The van der Waals surface area contributed by atoms with Crippen molar-refractivity contribution in [3.8, 4) is 0 Å². The minimum Gasteiger partial charge on any atom is -0.381 e. The monoisotopic (exact) mass is 222 g/mol. The second-order valence-electron chi connectivity index (χ2n) is 5.81. The molecule has 4 heteroatoms. The van der Waals surface area contributed by atoms with Gasteiger partial charge in [-0.1, -0.05) is 45.2 Å². The molecule has 0 bridgehead atoms. The maximum atomic E-state index is 5.94. The number of aromatic nitrogens is 3. The molecule has 1 fully saturated rings. The molecule has 90 valence electrons. The van der Waals surface area contributed by atoms with Gasteiger partial charge in [-0.15, -0.1) is 5.10 Å². The van der Waals surface area contributed by atoms with Gasteiger partial charge >= 0.3 is 0 Å². The first-order valence-electron chi connectivity index (χ1n) is 6.21. The molecule has 0 atom stereocenters. The first-order valence-corrected chi connectivity index (χ1v) is 6.21. The van der Waals surface area contributed by atoms with Crippen LogP contribution in [0.3, 0.4) is 0 Å². The minimum absolute atomic E-state index is 0.0189. The quantitative estimate of drug-likeness (QED) is 0.794. The van der Waals surface area contributed by atoms with Crippen LogP contribution in [0.25, 0.3) is 0 Å². The lowest BCUT2D eigenvalue weighted by Gasteiger charge is -2.27. The maximum absolute atomic E-state index is 5.94. The molecule has 4 nitrogen and oxygen atoms in total. The smallest absolute Gasteiger partial charge is 0.169 e. The number of nitrogens with two attached hydrogens (primary N) is 1. The Kier molecular flexibility index (Phi) is 2.91. The van der Waals surface area contributed by atoms with Gasteiger partial charge in [0.15, 0.2) is 5.82 Å². The van der Waals surface area contributed by atoms with E-state index in [1.165, 1.54) is 32.1 Å². The number of rotatable bonds is 1. The van der Waals surface area contributed by atoms with E-state index in [0.29, 0.717) is 11.9 Å². The topological polar surface area (TPSA) is 56.7 Å². The Labute approximate surface area is 97.2 Å². The first kappa shape index (κ1) is 11.4. The van der Waals surface area contributed by atoms with Crippen molar-refractivity contribution >= 4 is 5.82 Å². The highest BCUT2D eigenvalue weighted by Gasteiger charge is 2.28. The third kappa shape index (κ3) is 2.06. The summed E-state index contributed by atoms with van der Waals surface area (Å²) < 4.78 is 2.08. The number of nitrogen functional groups attached to an aromatic ring is 1. The molecule has 0 amide bonds. The van der Waals surface area contributed by atoms with Gasteiger partial charge < -0.3 is 5.73 Å². The van der Waals surface area contributed by atoms with Gasteiger partial charge in [0.25, 0.3) is 0 Å². The fourth-order valence-electron chi connectivity index (χ4n) is 2.61. The lowest BCUT2D eigenvalue weighted by molar-refractivity contribution is 0.305. The maximum Gasteiger partial charge on any atom is 0.169 e. The summed E-state index contributed by atoms with van der Waals surface area (Å²) in [7, 11) is 0. The molecule has 16 heavy (non-hydrogen) atoms. The number of nitrogens with zero attached hydrogens (tertiary/aromatic N) is 3. The predicted octanol–water partition coefficient (Wildman–Crippen LogP) is 2.66. The highest BCUT2D eigenvalue weighted by molar-refractivity contribution is 5.38. The van der Waals surface area contributed by atoms with Crippen molar-refractivity contribution in [3.63, 3.8) is 0 Å². The van der Waals surface area contributed by atoms with Gasteiger partial charge in [-0.3, -0.25) is 0 Å². The van der Waals surface area contributed by atoms with E-state index >= 15 is 0 Å². The Morgan fingerprint density at radius 3 is 2.38 bits per heavy atom.